The second kappa shape index (κ2) is 10.2. The number of rotatable bonds is 10. The summed E-state index contributed by atoms with van der Waals surface area (Å²) in [6, 6.07) is 13.1. The van der Waals surface area contributed by atoms with Crippen molar-refractivity contribution in [3.8, 4) is 17.2 Å². The Morgan fingerprint density at radius 1 is 1.10 bits per heavy atom. The molecule has 0 spiro atoms. The Morgan fingerprint density at radius 2 is 1.77 bits per heavy atom. The number of ether oxygens (including phenoxy) is 1. The maximum Gasteiger partial charge on any atom is 0.233 e. The number of hydrogen-bond donors (Lipinski definition) is 1. The number of halogens is 1. The van der Waals surface area contributed by atoms with Gasteiger partial charge in [0.05, 0.1) is 11.5 Å². The molecule has 3 rings (SSSR count). The molecule has 2 aromatic carbocycles. The van der Waals surface area contributed by atoms with Crippen LogP contribution in [0.5, 0.6) is 5.75 Å². The van der Waals surface area contributed by atoms with Crippen molar-refractivity contribution in [1.29, 1.82) is 0 Å². The predicted octanol–water partition coefficient (Wildman–Crippen LogP) is 4.59. The van der Waals surface area contributed by atoms with Crippen LogP contribution < -0.4 is 10.1 Å². The zero-order chi connectivity index (χ0) is 22.4. The van der Waals surface area contributed by atoms with Gasteiger partial charge in [0.2, 0.25) is 26.6 Å². The fourth-order valence-electron chi connectivity index (χ4n) is 2.91. The van der Waals surface area contributed by atoms with E-state index in [9.17, 15) is 8.42 Å². The first-order valence-corrected chi connectivity index (χ1v) is 11.8. The van der Waals surface area contributed by atoms with Crippen molar-refractivity contribution < 1.29 is 17.6 Å². The minimum absolute atomic E-state index is 0.0970. The summed E-state index contributed by atoms with van der Waals surface area (Å²) >= 11 is 5.91. The van der Waals surface area contributed by atoms with Crippen molar-refractivity contribution in [2.45, 2.75) is 23.3 Å². The van der Waals surface area contributed by atoms with Gasteiger partial charge in [-0.3, -0.25) is 0 Å². The molecule has 0 aliphatic carbocycles. The molecule has 0 saturated heterocycles. The van der Waals surface area contributed by atoms with E-state index in [4.69, 9.17) is 20.8 Å². The third kappa shape index (κ3) is 5.78. The number of sulfone groups is 1. The second-order valence-electron chi connectivity index (χ2n) is 7.15. The van der Waals surface area contributed by atoms with Crippen molar-refractivity contribution in [2.24, 2.45) is 0 Å². The minimum Gasteiger partial charge on any atom is -0.494 e. The lowest BCUT2D eigenvalue weighted by atomic mass is 10.2. The lowest BCUT2D eigenvalue weighted by Crippen LogP contribution is -2.17. The number of nitrogens with zero attached hydrogens (tertiary/aromatic N) is 2. The first-order chi connectivity index (χ1) is 14.8. The third-order valence-electron chi connectivity index (χ3n) is 4.45. The van der Waals surface area contributed by atoms with Crippen molar-refractivity contribution in [3.63, 3.8) is 0 Å². The molecule has 3 aromatic rings. The van der Waals surface area contributed by atoms with Crippen molar-refractivity contribution >= 4 is 27.3 Å². The zero-order valence-electron chi connectivity index (χ0n) is 17.8. The molecule has 0 amide bonds. The summed E-state index contributed by atoms with van der Waals surface area (Å²) in [6.45, 7) is 3.86. The lowest BCUT2D eigenvalue weighted by molar-refractivity contribution is 0.340. The van der Waals surface area contributed by atoms with Crippen LogP contribution in [0.3, 0.4) is 0 Å². The van der Waals surface area contributed by atoms with Gasteiger partial charge >= 0.3 is 0 Å². The lowest BCUT2D eigenvalue weighted by Gasteiger charge is -2.10. The second-order valence-corrected chi connectivity index (χ2v) is 9.45. The first-order valence-electron chi connectivity index (χ1n) is 9.94. The molecule has 0 atom stereocenters. The summed E-state index contributed by atoms with van der Waals surface area (Å²) < 4.78 is 37.8. The molecular weight excluding hydrogens is 438 g/mol. The molecule has 0 unspecified atom stereocenters. The van der Waals surface area contributed by atoms with Crippen LogP contribution in [0.4, 0.5) is 5.88 Å². The van der Waals surface area contributed by atoms with Gasteiger partial charge in [0.15, 0.2) is 0 Å². The maximum atomic E-state index is 13.3. The molecule has 0 aliphatic heterocycles. The van der Waals surface area contributed by atoms with Crippen molar-refractivity contribution in [2.75, 3.05) is 39.1 Å². The van der Waals surface area contributed by atoms with Gasteiger partial charge in [0.25, 0.3) is 0 Å². The van der Waals surface area contributed by atoms with Gasteiger partial charge in [-0.2, -0.15) is 4.98 Å². The van der Waals surface area contributed by atoms with Gasteiger partial charge in [0.1, 0.15) is 5.75 Å². The molecule has 1 aromatic heterocycles. The molecule has 0 bridgehead atoms. The highest BCUT2D eigenvalue weighted by Crippen LogP contribution is 2.33. The number of hydrogen-bond acceptors (Lipinski definition) is 7. The van der Waals surface area contributed by atoms with Gasteiger partial charge in [-0.15, -0.1) is 0 Å². The van der Waals surface area contributed by atoms with Gasteiger partial charge in [-0.25, -0.2) is 8.42 Å². The molecule has 0 aliphatic rings. The summed E-state index contributed by atoms with van der Waals surface area (Å²) in [7, 11) is 0.0572. The molecule has 31 heavy (non-hydrogen) atoms. The van der Waals surface area contributed by atoms with E-state index in [1.165, 1.54) is 24.3 Å². The van der Waals surface area contributed by atoms with E-state index in [1.807, 2.05) is 21.0 Å². The highest BCUT2D eigenvalue weighted by molar-refractivity contribution is 7.91. The Hall–Kier alpha value is -2.55. The summed E-state index contributed by atoms with van der Waals surface area (Å²) in [4.78, 5) is 6.49. The SMILES string of the molecule is CCOc1ccc(-c2nc(S(=O)(=O)c3ccc(Cl)cc3)c(NCCCN(C)C)o2)cc1. The molecule has 1 heterocycles. The quantitative estimate of drug-likeness (QED) is 0.440. The molecular formula is C22H26ClN3O4S. The van der Waals surface area contributed by atoms with E-state index < -0.39 is 9.84 Å². The highest BCUT2D eigenvalue weighted by atomic mass is 35.5. The molecule has 0 saturated carbocycles. The number of oxazole rings is 1. The fourth-order valence-corrected chi connectivity index (χ4v) is 4.31. The number of nitrogens with one attached hydrogen (secondary N) is 1. The Labute approximate surface area is 187 Å². The molecule has 166 valence electrons. The van der Waals surface area contributed by atoms with Crippen LogP contribution in [0.25, 0.3) is 11.5 Å². The first kappa shape index (κ1) is 23.1. The van der Waals surface area contributed by atoms with Crippen LogP contribution in [0.2, 0.25) is 5.02 Å². The molecule has 0 fully saturated rings. The summed E-state index contributed by atoms with van der Waals surface area (Å²) in [5, 5.41) is 3.40. The molecule has 0 radical (unpaired) electrons. The number of benzene rings is 2. The van der Waals surface area contributed by atoms with Crippen LogP contribution in [0, 0.1) is 0 Å². The smallest absolute Gasteiger partial charge is 0.233 e. The normalized spacial score (nSPS) is 11.6. The maximum absolute atomic E-state index is 13.3. The van der Waals surface area contributed by atoms with Gasteiger partial charge < -0.3 is 19.4 Å². The third-order valence-corrected chi connectivity index (χ3v) is 6.38. The highest BCUT2D eigenvalue weighted by Gasteiger charge is 2.28. The Balaban J connectivity index is 1.96. The predicted molar refractivity (Wildman–Crippen MR) is 122 cm³/mol. The van der Waals surface area contributed by atoms with Crippen LogP contribution >= 0.6 is 11.6 Å². The van der Waals surface area contributed by atoms with E-state index in [0.717, 1.165) is 13.0 Å². The molecule has 1 N–H and O–H groups in total. The van der Waals surface area contributed by atoms with Gasteiger partial charge in [-0.05, 0) is 82.5 Å². The monoisotopic (exact) mass is 463 g/mol. The van der Waals surface area contributed by atoms with Gasteiger partial charge in [0, 0.05) is 17.1 Å². The molecule has 7 nitrogen and oxygen atoms in total. The number of aromatic nitrogens is 1. The van der Waals surface area contributed by atoms with Crippen LogP contribution in [-0.4, -0.2) is 52.1 Å². The topological polar surface area (TPSA) is 84.7 Å². The fraction of sp³-hybridized carbons (Fsp3) is 0.318. The Kier molecular flexibility index (Phi) is 7.59. The molecule has 9 heteroatoms. The summed E-state index contributed by atoms with van der Waals surface area (Å²) in [6.07, 6.45) is 0.812. The Morgan fingerprint density at radius 3 is 2.39 bits per heavy atom. The van der Waals surface area contributed by atoms with Crippen molar-refractivity contribution in [3.05, 3.63) is 53.6 Å². The van der Waals surface area contributed by atoms with E-state index >= 15 is 0 Å². The van der Waals surface area contributed by atoms with Crippen molar-refractivity contribution in [1.82, 2.24) is 9.88 Å². The van der Waals surface area contributed by atoms with E-state index in [-0.39, 0.29) is 21.7 Å². The average molecular weight is 464 g/mol. The largest absolute Gasteiger partial charge is 0.494 e. The number of anilines is 1. The van der Waals surface area contributed by atoms with E-state index in [2.05, 4.69) is 15.2 Å². The van der Waals surface area contributed by atoms with Crippen LogP contribution in [-0.2, 0) is 9.84 Å². The van der Waals surface area contributed by atoms with Gasteiger partial charge in [-0.1, -0.05) is 11.6 Å². The van der Waals surface area contributed by atoms with E-state index in [1.54, 1.807) is 24.3 Å². The summed E-state index contributed by atoms with van der Waals surface area (Å²) in [5.41, 5.74) is 0.650. The van der Waals surface area contributed by atoms with Crippen LogP contribution in [0.1, 0.15) is 13.3 Å². The van der Waals surface area contributed by atoms with E-state index in [0.29, 0.717) is 29.5 Å². The standard InChI is InChI=1S/C22H26ClN3O4S/c1-4-29-18-10-6-16(7-11-18)20-25-22(21(30-20)24-14-5-15-26(2)3)31(27,28)19-12-8-17(23)9-13-19/h6-13,24H,4-5,14-15H2,1-3H3. The average Bonchev–Trinajstić information content (AvgIpc) is 3.17. The zero-order valence-corrected chi connectivity index (χ0v) is 19.3. The minimum atomic E-state index is -3.90. The Bertz CT molecular complexity index is 1090. The summed E-state index contributed by atoms with van der Waals surface area (Å²) in [5.74, 6) is 1.05. The van der Waals surface area contributed by atoms with Crippen LogP contribution in [0.15, 0.2) is 62.9 Å².